The third kappa shape index (κ3) is 5.80. The normalized spacial score (nSPS) is 22.5. The second-order valence-electron chi connectivity index (χ2n) is 6.20. The van der Waals surface area contributed by atoms with Gasteiger partial charge in [-0.1, -0.05) is 0 Å². The van der Waals surface area contributed by atoms with Gasteiger partial charge in [-0.3, -0.25) is 13.9 Å². The molecule has 1 aliphatic heterocycles. The number of carbonyl (C=O) groups excluding carboxylic acids is 2. The average Bonchev–Trinajstić information content (AvgIpc) is 2.68. The van der Waals surface area contributed by atoms with E-state index < -0.39 is 34.0 Å². The van der Waals surface area contributed by atoms with Crippen molar-refractivity contribution in [2.75, 3.05) is 19.3 Å². The molecule has 2 atom stereocenters. The van der Waals surface area contributed by atoms with Gasteiger partial charge in [0.25, 0.3) is 10.1 Å². The fourth-order valence-corrected chi connectivity index (χ4v) is 2.81. The van der Waals surface area contributed by atoms with E-state index in [1.54, 1.807) is 27.7 Å². The van der Waals surface area contributed by atoms with E-state index in [1.807, 2.05) is 0 Å². The third-order valence-electron chi connectivity index (χ3n) is 2.86. The van der Waals surface area contributed by atoms with Crippen LogP contribution in [0.4, 0.5) is 4.79 Å². The van der Waals surface area contributed by atoms with Crippen LogP contribution in [0.2, 0.25) is 0 Å². The number of amides is 2. The largest absolute Gasteiger partial charge is 0.444 e. The van der Waals surface area contributed by atoms with Gasteiger partial charge in [-0.2, -0.15) is 8.42 Å². The molecule has 0 aromatic heterocycles. The molecule has 1 N–H and O–H groups in total. The summed E-state index contributed by atoms with van der Waals surface area (Å²) < 4.78 is 32.6. The summed E-state index contributed by atoms with van der Waals surface area (Å²) in [5.74, 6) is -0.354. The molecule has 1 fully saturated rings. The van der Waals surface area contributed by atoms with Crippen LogP contribution in [0.3, 0.4) is 0 Å². The van der Waals surface area contributed by atoms with Gasteiger partial charge < -0.3 is 10.1 Å². The van der Waals surface area contributed by atoms with Gasteiger partial charge in [0.05, 0.1) is 18.9 Å². The molecule has 2 amide bonds. The van der Waals surface area contributed by atoms with Crippen LogP contribution >= 0.6 is 0 Å². The molecule has 0 unspecified atom stereocenters. The van der Waals surface area contributed by atoms with Crippen molar-refractivity contribution in [1.82, 2.24) is 10.2 Å². The van der Waals surface area contributed by atoms with Gasteiger partial charge in [0.2, 0.25) is 5.91 Å². The van der Waals surface area contributed by atoms with Gasteiger partial charge in [0, 0.05) is 13.0 Å². The summed E-state index contributed by atoms with van der Waals surface area (Å²) >= 11 is 0. The Morgan fingerprint density at radius 1 is 1.32 bits per heavy atom. The maximum atomic E-state index is 12.2. The minimum Gasteiger partial charge on any atom is -0.444 e. The molecule has 1 saturated heterocycles. The molecule has 0 saturated carbocycles. The highest BCUT2D eigenvalue weighted by molar-refractivity contribution is 7.86. The SMILES string of the molecule is CCNC(=O)[C@@H]1C[C@H](OS(C)(=O)=O)CN1C(=O)OC(C)(C)C. The van der Waals surface area contributed by atoms with Crippen molar-refractivity contribution >= 4 is 22.1 Å². The summed E-state index contributed by atoms with van der Waals surface area (Å²) in [6, 6.07) is -0.804. The standard InChI is InChI=1S/C13H24N2O6S/c1-6-14-11(16)10-7-9(21-22(5,18)19)8-15(10)12(17)20-13(2,3)4/h9-10H,6-8H2,1-5H3,(H,14,16)/t9-,10-/m0/s1. The van der Waals surface area contributed by atoms with Crippen LogP contribution in [0.5, 0.6) is 0 Å². The molecule has 0 spiro atoms. The second-order valence-corrected chi connectivity index (χ2v) is 7.80. The predicted molar refractivity (Wildman–Crippen MR) is 79.7 cm³/mol. The van der Waals surface area contributed by atoms with E-state index in [4.69, 9.17) is 8.92 Å². The monoisotopic (exact) mass is 336 g/mol. The smallest absolute Gasteiger partial charge is 0.411 e. The zero-order valence-corrected chi connectivity index (χ0v) is 14.4. The van der Waals surface area contributed by atoms with Gasteiger partial charge in [-0.15, -0.1) is 0 Å². The summed E-state index contributed by atoms with van der Waals surface area (Å²) in [5, 5.41) is 2.63. The molecule has 1 heterocycles. The fourth-order valence-electron chi connectivity index (χ4n) is 2.18. The van der Waals surface area contributed by atoms with E-state index in [-0.39, 0.29) is 18.9 Å². The first-order valence-corrected chi connectivity index (χ1v) is 8.90. The Bertz CT molecular complexity index is 525. The van der Waals surface area contributed by atoms with Crippen LogP contribution in [-0.4, -0.2) is 62.4 Å². The number of carbonyl (C=O) groups is 2. The Kier molecular flexibility index (Phi) is 5.80. The fraction of sp³-hybridized carbons (Fsp3) is 0.846. The molecule has 0 aliphatic carbocycles. The first-order valence-electron chi connectivity index (χ1n) is 7.08. The molecule has 8 nitrogen and oxygen atoms in total. The minimum absolute atomic E-state index is 0.0101. The van der Waals surface area contributed by atoms with Crippen molar-refractivity contribution in [1.29, 1.82) is 0 Å². The molecule has 1 rings (SSSR count). The number of rotatable bonds is 4. The molecule has 0 bridgehead atoms. The van der Waals surface area contributed by atoms with Gasteiger partial charge in [0.15, 0.2) is 0 Å². The third-order valence-corrected chi connectivity index (χ3v) is 3.48. The van der Waals surface area contributed by atoms with Gasteiger partial charge in [-0.05, 0) is 27.7 Å². The number of nitrogens with one attached hydrogen (secondary N) is 1. The number of likely N-dealkylation sites (N-methyl/N-ethyl adjacent to an activating group) is 1. The van der Waals surface area contributed by atoms with E-state index in [9.17, 15) is 18.0 Å². The Morgan fingerprint density at radius 2 is 1.91 bits per heavy atom. The van der Waals surface area contributed by atoms with Crippen molar-refractivity contribution in [3.63, 3.8) is 0 Å². The molecule has 0 aromatic carbocycles. The molecular weight excluding hydrogens is 312 g/mol. The van der Waals surface area contributed by atoms with Gasteiger partial charge in [0.1, 0.15) is 11.6 Å². The van der Waals surface area contributed by atoms with E-state index >= 15 is 0 Å². The lowest BCUT2D eigenvalue weighted by atomic mass is 10.2. The molecule has 0 radical (unpaired) electrons. The first kappa shape index (κ1) is 18.7. The number of nitrogens with zero attached hydrogens (tertiary/aromatic N) is 1. The second kappa shape index (κ2) is 6.82. The number of hydrogen-bond donors (Lipinski definition) is 1. The molecule has 1 aliphatic rings. The summed E-state index contributed by atoms with van der Waals surface area (Å²) in [7, 11) is -3.66. The minimum atomic E-state index is -3.66. The van der Waals surface area contributed by atoms with E-state index in [0.29, 0.717) is 6.54 Å². The van der Waals surface area contributed by atoms with Crippen molar-refractivity contribution in [2.45, 2.75) is 51.9 Å². The van der Waals surface area contributed by atoms with Crippen LogP contribution in [0.25, 0.3) is 0 Å². The lowest BCUT2D eigenvalue weighted by molar-refractivity contribution is -0.125. The lowest BCUT2D eigenvalue weighted by Crippen LogP contribution is -2.47. The molecule has 9 heteroatoms. The number of hydrogen-bond acceptors (Lipinski definition) is 6. The van der Waals surface area contributed by atoms with E-state index in [1.165, 1.54) is 4.90 Å². The summed E-state index contributed by atoms with van der Waals surface area (Å²) in [6.07, 6.45) is -0.374. The lowest BCUT2D eigenvalue weighted by Gasteiger charge is -2.27. The highest BCUT2D eigenvalue weighted by atomic mass is 32.2. The maximum Gasteiger partial charge on any atom is 0.411 e. The van der Waals surface area contributed by atoms with Crippen LogP contribution in [0, 0.1) is 0 Å². The van der Waals surface area contributed by atoms with E-state index in [0.717, 1.165) is 6.26 Å². The zero-order chi connectivity index (χ0) is 17.1. The van der Waals surface area contributed by atoms with Crippen molar-refractivity contribution < 1.29 is 26.9 Å². The van der Waals surface area contributed by atoms with Crippen LogP contribution in [0.15, 0.2) is 0 Å². The van der Waals surface area contributed by atoms with E-state index in [2.05, 4.69) is 5.32 Å². The first-order chi connectivity index (χ1) is 9.93. The van der Waals surface area contributed by atoms with Crippen LogP contribution < -0.4 is 5.32 Å². The van der Waals surface area contributed by atoms with Gasteiger partial charge >= 0.3 is 6.09 Å². The highest BCUT2D eigenvalue weighted by Gasteiger charge is 2.42. The number of ether oxygens (including phenoxy) is 1. The topological polar surface area (TPSA) is 102 Å². The average molecular weight is 336 g/mol. The summed E-state index contributed by atoms with van der Waals surface area (Å²) in [5.41, 5.74) is -0.710. The van der Waals surface area contributed by atoms with Crippen molar-refractivity contribution in [2.24, 2.45) is 0 Å². The van der Waals surface area contributed by atoms with Crippen LogP contribution in [-0.2, 0) is 23.8 Å². The molecular formula is C13H24N2O6S. The summed E-state index contributed by atoms with van der Waals surface area (Å²) in [4.78, 5) is 25.5. The van der Waals surface area contributed by atoms with Gasteiger partial charge in [-0.25, -0.2) is 4.79 Å². The number of likely N-dealkylation sites (tertiary alicyclic amines) is 1. The predicted octanol–water partition coefficient (Wildman–Crippen LogP) is 0.477. The quantitative estimate of drug-likeness (QED) is 0.749. The summed E-state index contributed by atoms with van der Waals surface area (Å²) in [6.45, 7) is 7.31. The van der Waals surface area contributed by atoms with Crippen molar-refractivity contribution in [3.05, 3.63) is 0 Å². The van der Waals surface area contributed by atoms with Crippen LogP contribution in [0.1, 0.15) is 34.1 Å². The highest BCUT2D eigenvalue weighted by Crippen LogP contribution is 2.24. The Balaban J connectivity index is 2.89. The molecule has 0 aromatic rings. The maximum absolute atomic E-state index is 12.2. The Labute approximate surface area is 131 Å². The Hall–Kier alpha value is -1.35. The zero-order valence-electron chi connectivity index (χ0n) is 13.6. The van der Waals surface area contributed by atoms with Crippen molar-refractivity contribution in [3.8, 4) is 0 Å². The molecule has 128 valence electrons. The Morgan fingerprint density at radius 3 is 2.36 bits per heavy atom. The molecule has 22 heavy (non-hydrogen) atoms.